The summed E-state index contributed by atoms with van der Waals surface area (Å²) in [5.74, 6) is 0.111. The van der Waals surface area contributed by atoms with E-state index in [-0.39, 0.29) is 18.1 Å². The first kappa shape index (κ1) is 19.9. The summed E-state index contributed by atoms with van der Waals surface area (Å²) in [6, 6.07) is 0. The number of ether oxygens (including phenoxy) is 2. The Labute approximate surface area is 167 Å². The Bertz CT molecular complexity index is 565. The minimum absolute atomic E-state index is 0.111. The monoisotopic (exact) mass is 394 g/mol. The molecule has 0 N–H and O–H groups in total. The molecule has 0 aliphatic carbocycles. The molecule has 4 rings (SSSR count). The second-order valence-electron chi connectivity index (χ2n) is 8.58. The van der Waals surface area contributed by atoms with E-state index >= 15 is 0 Å². The normalized spacial score (nSPS) is 28.9. The topological polar surface area (TPSA) is 65.6 Å². The first-order chi connectivity index (χ1) is 13.6. The van der Waals surface area contributed by atoms with Gasteiger partial charge >= 0.3 is 6.09 Å². The van der Waals surface area contributed by atoms with Crippen molar-refractivity contribution in [3.63, 3.8) is 0 Å². The number of rotatable bonds is 5. The van der Waals surface area contributed by atoms with Crippen LogP contribution in [-0.4, -0.2) is 115 Å². The molecule has 4 fully saturated rings. The fraction of sp³-hybridized carbons (Fsp3) is 0.900. The lowest BCUT2D eigenvalue weighted by Crippen LogP contribution is -2.51. The van der Waals surface area contributed by atoms with E-state index in [2.05, 4.69) is 16.7 Å². The molecule has 8 heteroatoms. The van der Waals surface area contributed by atoms with Crippen molar-refractivity contribution < 1.29 is 19.1 Å². The van der Waals surface area contributed by atoms with Gasteiger partial charge in [0.05, 0.1) is 6.54 Å². The lowest BCUT2D eigenvalue weighted by molar-refractivity contribution is -0.144. The molecule has 0 aromatic heterocycles. The predicted molar refractivity (Wildman–Crippen MR) is 104 cm³/mol. The molecule has 0 aromatic rings. The van der Waals surface area contributed by atoms with Crippen LogP contribution < -0.4 is 0 Å². The van der Waals surface area contributed by atoms with Crippen molar-refractivity contribution in [2.45, 2.75) is 44.3 Å². The Kier molecular flexibility index (Phi) is 6.08. The van der Waals surface area contributed by atoms with Crippen LogP contribution in [-0.2, 0) is 14.3 Å². The summed E-state index contributed by atoms with van der Waals surface area (Å²) in [5, 5.41) is 0. The number of hydrogen-bond acceptors (Lipinski definition) is 6. The number of piperazine rings is 1. The van der Waals surface area contributed by atoms with Crippen molar-refractivity contribution >= 4 is 12.0 Å². The van der Waals surface area contributed by atoms with Crippen molar-refractivity contribution in [1.29, 1.82) is 0 Å². The fourth-order valence-corrected chi connectivity index (χ4v) is 4.83. The molecule has 2 amide bonds. The van der Waals surface area contributed by atoms with Gasteiger partial charge in [-0.1, -0.05) is 6.92 Å². The largest absolute Gasteiger partial charge is 0.441 e. The lowest BCUT2D eigenvalue weighted by atomic mass is 9.91. The van der Waals surface area contributed by atoms with Crippen LogP contribution in [0.3, 0.4) is 0 Å². The van der Waals surface area contributed by atoms with Crippen LogP contribution in [0.15, 0.2) is 0 Å². The van der Waals surface area contributed by atoms with Crippen LogP contribution in [0.4, 0.5) is 4.79 Å². The van der Waals surface area contributed by atoms with E-state index in [9.17, 15) is 9.59 Å². The molecule has 0 radical (unpaired) electrons. The molecular weight excluding hydrogens is 360 g/mol. The number of likely N-dealkylation sites (tertiary alicyclic amines) is 1. The highest BCUT2D eigenvalue weighted by Gasteiger charge is 2.48. The van der Waals surface area contributed by atoms with Gasteiger partial charge < -0.3 is 24.2 Å². The van der Waals surface area contributed by atoms with E-state index in [1.807, 2.05) is 9.80 Å². The summed E-state index contributed by atoms with van der Waals surface area (Å²) in [6.45, 7) is 12.0. The first-order valence-electron chi connectivity index (χ1n) is 10.9. The van der Waals surface area contributed by atoms with Gasteiger partial charge in [0.2, 0.25) is 0 Å². The summed E-state index contributed by atoms with van der Waals surface area (Å²) in [6.07, 6.45) is 2.80. The minimum Gasteiger partial charge on any atom is -0.441 e. The standard InChI is InChI=1S/C20H34N4O4/c1-2-21-9-11-22(12-10-21)13-14-24-16-20(28-19(24)26)5-7-23(8-6-20)18(25)17-4-3-15-27-17/h17H,2-16H2,1H3/t17-/m1/s1. The molecule has 0 unspecified atom stereocenters. The van der Waals surface area contributed by atoms with E-state index in [1.54, 1.807) is 0 Å². The molecule has 4 aliphatic rings. The predicted octanol–water partition coefficient (Wildman–Crippen LogP) is 0.616. The molecule has 4 heterocycles. The van der Waals surface area contributed by atoms with Gasteiger partial charge in [-0.25, -0.2) is 4.79 Å². The summed E-state index contributed by atoms with van der Waals surface area (Å²) >= 11 is 0. The summed E-state index contributed by atoms with van der Waals surface area (Å²) in [5.41, 5.74) is -0.411. The third-order valence-corrected chi connectivity index (χ3v) is 6.83. The van der Waals surface area contributed by atoms with Crippen molar-refractivity contribution in [1.82, 2.24) is 19.6 Å². The maximum atomic E-state index is 12.5. The second kappa shape index (κ2) is 8.55. The molecule has 0 saturated carbocycles. The Morgan fingerprint density at radius 1 is 1.07 bits per heavy atom. The third kappa shape index (κ3) is 4.28. The zero-order valence-corrected chi connectivity index (χ0v) is 17.1. The van der Waals surface area contributed by atoms with E-state index in [4.69, 9.17) is 9.47 Å². The molecule has 0 bridgehead atoms. The van der Waals surface area contributed by atoms with E-state index in [0.29, 0.717) is 26.2 Å². The SMILES string of the molecule is CCN1CCN(CCN2CC3(CCN(C(=O)[C@H]4CCCO4)CC3)OC2=O)CC1. The number of hydrogen-bond donors (Lipinski definition) is 0. The maximum Gasteiger partial charge on any atom is 0.410 e. The van der Waals surface area contributed by atoms with E-state index in [0.717, 1.165) is 71.5 Å². The molecule has 158 valence electrons. The van der Waals surface area contributed by atoms with Gasteiger partial charge in [0, 0.05) is 71.8 Å². The first-order valence-corrected chi connectivity index (χ1v) is 10.9. The number of amides is 2. The summed E-state index contributed by atoms with van der Waals surface area (Å²) in [4.78, 5) is 33.6. The van der Waals surface area contributed by atoms with Crippen molar-refractivity contribution in [3.05, 3.63) is 0 Å². The molecule has 28 heavy (non-hydrogen) atoms. The summed E-state index contributed by atoms with van der Waals surface area (Å²) < 4.78 is 11.4. The van der Waals surface area contributed by atoms with Gasteiger partial charge in [-0.05, 0) is 19.4 Å². The minimum atomic E-state index is -0.411. The Balaban J connectivity index is 1.23. The number of carbonyl (C=O) groups is 2. The van der Waals surface area contributed by atoms with Gasteiger partial charge in [-0.15, -0.1) is 0 Å². The molecule has 1 spiro atoms. The number of nitrogens with zero attached hydrogens (tertiary/aromatic N) is 4. The average Bonchev–Trinajstić information content (AvgIpc) is 3.35. The molecule has 0 aromatic carbocycles. The number of likely N-dealkylation sites (N-methyl/N-ethyl adjacent to an activating group) is 1. The zero-order chi connectivity index (χ0) is 19.6. The summed E-state index contributed by atoms with van der Waals surface area (Å²) in [7, 11) is 0. The molecule has 1 atom stereocenters. The molecule has 8 nitrogen and oxygen atoms in total. The molecular formula is C20H34N4O4. The molecule has 4 aliphatic heterocycles. The van der Waals surface area contributed by atoms with Gasteiger partial charge in [0.25, 0.3) is 5.91 Å². The highest BCUT2D eigenvalue weighted by atomic mass is 16.6. The van der Waals surface area contributed by atoms with Gasteiger partial charge in [0.15, 0.2) is 0 Å². The highest BCUT2D eigenvalue weighted by Crippen LogP contribution is 2.33. The van der Waals surface area contributed by atoms with Crippen LogP contribution in [0.1, 0.15) is 32.6 Å². The van der Waals surface area contributed by atoms with Crippen molar-refractivity contribution in [3.8, 4) is 0 Å². The second-order valence-corrected chi connectivity index (χ2v) is 8.58. The quantitative estimate of drug-likeness (QED) is 0.681. The van der Waals surface area contributed by atoms with Gasteiger partial charge in [-0.3, -0.25) is 9.69 Å². The van der Waals surface area contributed by atoms with Crippen molar-refractivity contribution in [2.24, 2.45) is 0 Å². The van der Waals surface area contributed by atoms with Crippen LogP contribution >= 0.6 is 0 Å². The van der Waals surface area contributed by atoms with E-state index < -0.39 is 5.60 Å². The lowest BCUT2D eigenvalue weighted by Gasteiger charge is -2.38. The van der Waals surface area contributed by atoms with Crippen molar-refractivity contribution in [2.75, 3.05) is 72.1 Å². The van der Waals surface area contributed by atoms with Crippen LogP contribution in [0.2, 0.25) is 0 Å². The van der Waals surface area contributed by atoms with Gasteiger partial charge in [0.1, 0.15) is 11.7 Å². The Morgan fingerprint density at radius 3 is 2.43 bits per heavy atom. The Morgan fingerprint density at radius 2 is 1.79 bits per heavy atom. The van der Waals surface area contributed by atoms with Crippen LogP contribution in [0.25, 0.3) is 0 Å². The third-order valence-electron chi connectivity index (χ3n) is 6.83. The number of carbonyl (C=O) groups excluding carboxylic acids is 2. The van der Waals surface area contributed by atoms with Crippen LogP contribution in [0, 0.1) is 0 Å². The highest BCUT2D eigenvalue weighted by molar-refractivity contribution is 5.81. The van der Waals surface area contributed by atoms with Crippen LogP contribution in [0.5, 0.6) is 0 Å². The smallest absolute Gasteiger partial charge is 0.410 e. The fourth-order valence-electron chi connectivity index (χ4n) is 4.83. The molecule has 4 saturated heterocycles. The zero-order valence-electron chi connectivity index (χ0n) is 17.1. The number of piperidine rings is 1. The van der Waals surface area contributed by atoms with E-state index in [1.165, 1.54) is 0 Å². The maximum absolute atomic E-state index is 12.5. The van der Waals surface area contributed by atoms with Gasteiger partial charge in [-0.2, -0.15) is 0 Å². The Hall–Kier alpha value is -1.38. The average molecular weight is 395 g/mol.